The lowest BCUT2D eigenvalue weighted by atomic mass is 10.1. The van der Waals surface area contributed by atoms with Gasteiger partial charge in [-0.25, -0.2) is 8.78 Å². The molecule has 6 heteroatoms. The van der Waals surface area contributed by atoms with E-state index in [4.69, 9.17) is 0 Å². The van der Waals surface area contributed by atoms with Crippen LogP contribution in [0.4, 0.5) is 14.5 Å². The summed E-state index contributed by atoms with van der Waals surface area (Å²) in [6, 6.07) is 9.69. The minimum absolute atomic E-state index is 0.162. The summed E-state index contributed by atoms with van der Waals surface area (Å²) in [5.74, 6) is -3.17. The summed E-state index contributed by atoms with van der Waals surface area (Å²) in [4.78, 5) is 24.3. The Hall–Kier alpha value is -2.76. The van der Waals surface area contributed by atoms with E-state index in [2.05, 4.69) is 10.6 Å². The molecule has 2 aromatic rings. The zero-order valence-electron chi connectivity index (χ0n) is 12.1. The molecule has 118 valence electrons. The standard InChI is InChI=1S/C17H14F2N2O2/c18-12-5-3-6-13(19)15(12)17(23)21-14-7-2-1-4-11(14)16(22)20-10-8-9-10/h1-7,10H,8-9H2,(H,20,22)(H,21,23). The molecule has 1 saturated carbocycles. The van der Waals surface area contributed by atoms with Gasteiger partial charge in [0.15, 0.2) is 0 Å². The van der Waals surface area contributed by atoms with Crippen molar-refractivity contribution >= 4 is 17.5 Å². The lowest BCUT2D eigenvalue weighted by Gasteiger charge is -2.11. The van der Waals surface area contributed by atoms with Crippen LogP contribution in [0.1, 0.15) is 33.6 Å². The van der Waals surface area contributed by atoms with E-state index in [1.165, 1.54) is 12.1 Å². The van der Waals surface area contributed by atoms with E-state index in [-0.39, 0.29) is 23.2 Å². The van der Waals surface area contributed by atoms with E-state index >= 15 is 0 Å². The Morgan fingerprint density at radius 1 is 0.913 bits per heavy atom. The first-order valence-electron chi connectivity index (χ1n) is 7.21. The number of hydrogen-bond acceptors (Lipinski definition) is 2. The average molecular weight is 316 g/mol. The lowest BCUT2D eigenvalue weighted by molar-refractivity contribution is 0.0952. The van der Waals surface area contributed by atoms with Gasteiger partial charge >= 0.3 is 0 Å². The molecule has 1 aliphatic rings. The predicted molar refractivity (Wildman–Crippen MR) is 81.2 cm³/mol. The van der Waals surface area contributed by atoms with Gasteiger partial charge in [0.2, 0.25) is 0 Å². The Kier molecular flexibility index (Phi) is 4.06. The normalized spacial score (nSPS) is 13.5. The monoisotopic (exact) mass is 316 g/mol. The van der Waals surface area contributed by atoms with E-state index in [0.29, 0.717) is 0 Å². The number of halogens is 2. The van der Waals surface area contributed by atoms with Crippen molar-refractivity contribution in [2.45, 2.75) is 18.9 Å². The lowest BCUT2D eigenvalue weighted by Crippen LogP contribution is -2.27. The number of amides is 2. The number of anilines is 1. The van der Waals surface area contributed by atoms with Gasteiger partial charge in [0.05, 0.1) is 11.3 Å². The minimum atomic E-state index is -0.956. The molecule has 0 aliphatic heterocycles. The van der Waals surface area contributed by atoms with Crippen LogP contribution in [0, 0.1) is 11.6 Å². The van der Waals surface area contributed by atoms with Crippen molar-refractivity contribution in [1.29, 1.82) is 0 Å². The van der Waals surface area contributed by atoms with Crippen molar-refractivity contribution in [2.24, 2.45) is 0 Å². The number of hydrogen-bond donors (Lipinski definition) is 2. The molecule has 2 aromatic carbocycles. The molecule has 4 nitrogen and oxygen atoms in total. The molecule has 0 unspecified atom stereocenters. The number of carbonyl (C=O) groups is 2. The number of nitrogens with one attached hydrogen (secondary N) is 2. The van der Waals surface area contributed by atoms with Crippen LogP contribution < -0.4 is 10.6 Å². The molecular formula is C17H14F2N2O2. The largest absolute Gasteiger partial charge is 0.349 e. The van der Waals surface area contributed by atoms with Gasteiger partial charge in [0.25, 0.3) is 11.8 Å². The summed E-state index contributed by atoms with van der Waals surface area (Å²) >= 11 is 0. The molecule has 0 bridgehead atoms. The molecule has 0 atom stereocenters. The van der Waals surface area contributed by atoms with Crippen molar-refractivity contribution in [3.63, 3.8) is 0 Å². The summed E-state index contributed by atoms with van der Waals surface area (Å²) in [6.45, 7) is 0. The van der Waals surface area contributed by atoms with Gasteiger partial charge in [-0.3, -0.25) is 9.59 Å². The van der Waals surface area contributed by atoms with Crippen LogP contribution in [-0.2, 0) is 0 Å². The van der Waals surface area contributed by atoms with E-state index in [1.54, 1.807) is 18.2 Å². The molecule has 1 aliphatic carbocycles. The average Bonchev–Trinajstić information content (AvgIpc) is 3.31. The predicted octanol–water partition coefficient (Wildman–Crippen LogP) is 3.11. The van der Waals surface area contributed by atoms with E-state index in [0.717, 1.165) is 25.0 Å². The van der Waals surface area contributed by atoms with Crippen LogP contribution in [-0.4, -0.2) is 17.9 Å². The fourth-order valence-corrected chi connectivity index (χ4v) is 2.18. The second-order valence-corrected chi connectivity index (χ2v) is 5.34. The van der Waals surface area contributed by atoms with Crippen molar-refractivity contribution in [3.8, 4) is 0 Å². The topological polar surface area (TPSA) is 58.2 Å². The first-order valence-corrected chi connectivity index (χ1v) is 7.21. The van der Waals surface area contributed by atoms with Gasteiger partial charge in [-0.1, -0.05) is 18.2 Å². The summed E-state index contributed by atoms with van der Waals surface area (Å²) in [5.41, 5.74) is -0.215. The van der Waals surface area contributed by atoms with Crippen molar-refractivity contribution in [1.82, 2.24) is 5.32 Å². The molecule has 0 aromatic heterocycles. The highest BCUT2D eigenvalue weighted by atomic mass is 19.1. The first-order chi connectivity index (χ1) is 11.1. The first kappa shape index (κ1) is 15.1. The Morgan fingerprint density at radius 2 is 1.57 bits per heavy atom. The number of carbonyl (C=O) groups excluding carboxylic acids is 2. The molecule has 23 heavy (non-hydrogen) atoms. The number of benzene rings is 2. The van der Waals surface area contributed by atoms with Gasteiger partial charge in [-0.15, -0.1) is 0 Å². The maximum atomic E-state index is 13.7. The summed E-state index contributed by atoms with van der Waals surface area (Å²) in [7, 11) is 0. The Labute approximate surface area is 131 Å². The molecule has 0 saturated heterocycles. The minimum Gasteiger partial charge on any atom is -0.349 e. The van der Waals surface area contributed by atoms with Crippen LogP contribution in [0.15, 0.2) is 42.5 Å². The SMILES string of the molecule is O=C(NC1CC1)c1ccccc1NC(=O)c1c(F)cccc1F. The van der Waals surface area contributed by atoms with Gasteiger partial charge < -0.3 is 10.6 Å². The highest BCUT2D eigenvalue weighted by molar-refractivity contribution is 6.09. The van der Waals surface area contributed by atoms with Crippen molar-refractivity contribution < 1.29 is 18.4 Å². The van der Waals surface area contributed by atoms with Gasteiger partial charge in [-0.05, 0) is 37.1 Å². The third-order valence-corrected chi connectivity index (χ3v) is 3.52. The fourth-order valence-electron chi connectivity index (χ4n) is 2.18. The summed E-state index contributed by atoms with van der Waals surface area (Å²) < 4.78 is 27.3. The zero-order chi connectivity index (χ0) is 16.4. The van der Waals surface area contributed by atoms with Gasteiger partial charge in [0.1, 0.15) is 17.2 Å². The van der Waals surface area contributed by atoms with Crippen molar-refractivity contribution in [3.05, 3.63) is 65.2 Å². The van der Waals surface area contributed by atoms with Crippen LogP contribution in [0.25, 0.3) is 0 Å². The Morgan fingerprint density at radius 3 is 2.22 bits per heavy atom. The maximum absolute atomic E-state index is 13.7. The molecule has 1 fully saturated rings. The number of rotatable bonds is 4. The van der Waals surface area contributed by atoms with Gasteiger partial charge in [0, 0.05) is 6.04 Å². The van der Waals surface area contributed by atoms with Crippen molar-refractivity contribution in [2.75, 3.05) is 5.32 Å². The summed E-state index contributed by atoms with van der Waals surface area (Å²) in [5, 5.41) is 5.21. The molecule has 2 amide bonds. The second kappa shape index (κ2) is 6.16. The summed E-state index contributed by atoms with van der Waals surface area (Å²) in [6.07, 6.45) is 1.86. The molecule has 0 spiro atoms. The van der Waals surface area contributed by atoms with Crippen LogP contribution >= 0.6 is 0 Å². The molecular weight excluding hydrogens is 302 g/mol. The molecule has 0 heterocycles. The quantitative estimate of drug-likeness (QED) is 0.910. The third kappa shape index (κ3) is 3.36. The fraction of sp³-hybridized carbons (Fsp3) is 0.176. The van der Waals surface area contributed by atoms with E-state index < -0.39 is 23.1 Å². The third-order valence-electron chi connectivity index (χ3n) is 3.52. The Balaban J connectivity index is 1.85. The zero-order valence-corrected chi connectivity index (χ0v) is 12.1. The molecule has 3 rings (SSSR count). The van der Waals surface area contributed by atoms with Crippen LogP contribution in [0.5, 0.6) is 0 Å². The van der Waals surface area contributed by atoms with E-state index in [9.17, 15) is 18.4 Å². The molecule has 2 N–H and O–H groups in total. The number of para-hydroxylation sites is 1. The van der Waals surface area contributed by atoms with Gasteiger partial charge in [-0.2, -0.15) is 0 Å². The highest BCUT2D eigenvalue weighted by Gasteiger charge is 2.25. The van der Waals surface area contributed by atoms with Crippen LogP contribution in [0.3, 0.4) is 0 Å². The molecule has 0 radical (unpaired) electrons. The highest BCUT2D eigenvalue weighted by Crippen LogP contribution is 2.22. The Bertz CT molecular complexity index is 753. The van der Waals surface area contributed by atoms with E-state index in [1.807, 2.05) is 0 Å². The maximum Gasteiger partial charge on any atom is 0.261 e. The smallest absolute Gasteiger partial charge is 0.261 e. The van der Waals surface area contributed by atoms with Crippen LogP contribution in [0.2, 0.25) is 0 Å². The second-order valence-electron chi connectivity index (χ2n) is 5.34.